The summed E-state index contributed by atoms with van der Waals surface area (Å²) < 4.78 is 25.4. The highest BCUT2D eigenvalue weighted by Gasteiger charge is 2.24. The van der Waals surface area contributed by atoms with E-state index in [1.165, 1.54) is 0 Å². The monoisotopic (exact) mass is 312 g/mol. The molecule has 2 N–H and O–H groups in total. The summed E-state index contributed by atoms with van der Waals surface area (Å²) in [5.74, 6) is 0. The summed E-state index contributed by atoms with van der Waals surface area (Å²) in [7, 11) is 0. The van der Waals surface area contributed by atoms with Gasteiger partial charge in [0, 0.05) is 12.6 Å². The average Bonchev–Trinajstić information content (AvgIpc) is 2.49. The van der Waals surface area contributed by atoms with Gasteiger partial charge in [0.25, 0.3) is 6.43 Å². The van der Waals surface area contributed by atoms with Gasteiger partial charge in [0.15, 0.2) is 0 Å². The average molecular weight is 312 g/mol. The van der Waals surface area contributed by atoms with Crippen molar-refractivity contribution in [3.05, 3.63) is 35.9 Å². The van der Waals surface area contributed by atoms with Crippen molar-refractivity contribution in [2.75, 3.05) is 6.54 Å². The minimum atomic E-state index is -2.57. The minimum absolute atomic E-state index is 0.0492. The molecule has 1 aliphatic rings. The second-order valence-electron chi connectivity index (χ2n) is 5.71. The Bertz CT molecular complexity index is 462. The largest absolute Gasteiger partial charge is 0.393 e. The van der Waals surface area contributed by atoms with E-state index in [1.807, 2.05) is 30.3 Å². The first-order chi connectivity index (χ1) is 10.5. The molecule has 1 aliphatic carbocycles. The Labute approximate surface area is 129 Å². The van der Waals surface area contributed by atoms with Gasteiger partial charge in [-0.1, -0.05) is 30.3 Å². The first-order valence-corrected chi connectivity index (χ1v) is 7.60. The van der Waals surface area contributed by atoms with E-state index in [2.05, 4.69) is 5.32 Å². The van der Waals surface area contributed by atoms with Crippen LogP contribution >= 0.6 is 0 Å². The van der Waals surface area contributed by atoms with Crippen LogP contribution in [0.15, 0.2) is 30.3 Å². The molecule has 0 heterocycles. The van der Waals surface area contributed by atoms with E-state index in [0.29, 0.717) is 25.7 Å². The number of nitrogens with one attached hydrogen (secondary N) is 1. The van der Waals surface area contributed by atoms with Gasteiger partial charge in [-0.2, -0.15) is 0 Å². The van der Waals surface area contributed by atoms with E-state index in [1.54, 1.807) is 0 Å². The normalized spacial score (nSPS) is 21.6. The first kappa shape index (κ1) is 16.7. The summed E-state index contributed by atoms with van der Waals surface area (Å²) in [6.07, 6.45) is -0.240. The van der Waals surface area contributed by atoms with Crippen LogP contribution in [0, 0.1) is 0 Å². The van der Waals surface area contributed by atoms with Crippen LogP contribution in [0.3, 0.4) is 0 Å². The molecule has 1 saturated carbocycles. The number of carbonyl (C=O) groups is 1. The van der Waals surface area contributed by atoms with Crippen molar-refractivity contribution in [3.63, 3.8) is 0 Å². The third-order valence-corrected chi connectivity index (χ3v) is 3.89. The Hall–Kier alpha value is -1.69. The number of amides is 2. The van der Waals surface area contributed by atoms with Crippen LogP contribution in [0.5, 0.6) is 0 Å². The third kappa shape index (κ3) is 5.26. The zero-order valence-corrected chi connectivity index (χ0v) is 12.4. The molecule has 6 heteroatoms. The molecule has 0 atom stereocenters. The molecule has 0 radical (unpaired) electrons. The standard InChI is InChI=1S/C16H22F2N2O2/c17-15(18)11-20(10-12-4-2-1-3-5-12)16(22)19-13-6-8-14(21)9-7-13/h1-5,13-15,21H,6-11H2,(H,19,22). The first-order valence-electron chi connectivity index (χ1n) is 7.60. The van der Waals surface area contributed by atoms with Gasteiger partial charge in [0.2, 0.25) is 0 Å². The smallest absolute Gasteiger partial charge is 0.318 e. The number of carbonyl (C=O) groups excluding carboxylic acids is 1. The molecule has 0 aromatic heterocycles. The highest BCUT2D eigenvalue weighted by atomic mass is 19.3. The van der Waals surface area contributed by atoms with Crippen LogP contribution in [0.1, 0.15) is 31.2 Å². The van der Waals surface area contributed by atoms with E-state index >= 15 is 0 Å². The molecule has 22 heavy (non-hydrogen) atoms. The van der Waals surface area contributed by atoms with Crippen LogP contribution in [0.25, 0.3) is 0 Å². The van der Waals surface area contributed by atoms with Crippen molar-refractivity contribution >= 4 is 6.03 Å². The maximum atomic E-state index is 12.7. The highest BCUT2D eigenvalue weighted by Crippen LogP contribution is 2.19. The molecule has 1 fully saturated rings. The Morgan fingerprint density at radius 3 is 2.45 bits per heavy atom. The number of hydrogen-bond acceptors (Lipinski definition) is 2. The molecular weight excluding hydrogens is 290 g/mol. The number of urea groups is 1. The lowest BCUT2D eigenvalue weighted by Crippen LogP contribution is -2.47. The van der Waals surface area contributed by atoms with Crippen LogP contribution in [0.2, 0.25) is 0 Å². The van der Waals surface area contributed by atoms with Crippen molar-refractivity contribution in [3.8, 4) is 0 Å². The molecule has 1 aromatic rings. The number of rotatable bonds is 5. The van der Waals surface area contributed by atoms with Gasteiger partial charge in [-0.15, -0.1) is 0 Å². The SMILES string of the molecule is O=C(NC1CCC(O)CC1)N(Cc1ccccc1)CC(F)F. The fourth-order valence-electron chi connectivity index (χ4n) is 2.68. The van der Waals surface area contributed by atoms with Crippen molar-refractivity contribution < 1.29 is 18.7 Å². The molecule has 122 valence electrons. The lowest BCUT2D eigenvalue weighted by Gasteiger charge is -2.30. The molecule has 0 unspecified atom stereocenters. The van der Waals surface area contributed by atoms with E-state index in [0.717, 1.165) is 10.5 Å². The molecule has 2 amide bonds. The van der Waals surface area contributed by atoms with Gasteiger partial charge in [-0.25, -0.2) is 13.6 Å². The Kier molecular flexibility index (Phi) is 6.12. The predicted molar refractivity (Wildman–Crippen MR) is 79.7 cm³/mol. The predicted octanol–water partition coefficient (Wildman–Crippen LogP) is 2.77. The number of aliphatic hydroxyl groups excluding tert-OH is 1. The van der Waals surface area contributed by atoms with Crippen LogP contribution in [-0.4, -0.2) is 41.2 Å². The second kappa shape index (κ2) is 8.08. The molecule has 2 rings (SSSR count). The fourth-order valence-corrected chi connectivity index (χ4v) is 2.68. The third-order valence-electron chi connectivity index (χ3n) is 3.89. The van der Waals surface area contributed by atoms with Crippen molar-refractivity contribution in [2.45, 2.75) is 50.8 Å². The Morgan fingerprint density at radius 1 is 1.23 bits per heavy atom. The van der Waals surface area contributed by atoms with Gasteiger partial charge in [-0.3, -0.25) is 0 Å². The van der Waals surface area contributed by atoms with Gasteiger partial charge in [-0.05, 0) is 31.2 Å². The van der Waals surface area contributed by atoms with Crippen LogP contribution < -0.4 is 5.32 Å². The highest BCUT2D eigenvalue weighted by molar-refractivity contribution is 5.74. The Morgan fingerprint density at radius 2 is 1.86 bits per heavy atom. The number of halogens is 2. The van der Waals surface area contributed by atoms with Gasteiger partial charge >= 0.3 is 6.03 Å². The Balaban J connectivity index is 1.94. The zero-order valence-electron chi connectivity index (χ0n) is 12.4. The quantitative estimate of drug-likeness (QED) is 0.878. The van der Waals surface area contributed by atoms with E-state index in [-0.39, 0.29) is 18.7 Å². The molecule has 0 aliphatic heterocycles. The minimum Gasteiger partial charge on any atom is -0.393 e. The van der Waals surface area contributed by atoms with E-state index in [9.17, 15) is 18.7 Å². The van der Waals surface area contributed by atoms with Gasteiger partial charge < -0.3 is 15.3 Å². The molecule has 0 spiro atoms. The number of alkyl halides is 2. The summed E-state index contributed by atoms with van der Waals surface area (Å²) in [4.78, 5) is 13.4. The lowest BCUT2D eigenvalue weighted by molar-refractivity contribution is 0.0900. The van der Waals surface area contributed by atoms with Crippen LogP contribution in [-0.2, 0) is 6.54 Å². The van der Waals surface area contributed by atoms with E-state index in [4.69, 9.17) is 0 Å². The molecular formula is C16H22F2N2O2. The number of aliphatic hydroxyl groups is 1. The summed E-state index contributed by atoms with van der Waals surface area (Å²) in [5.41, 5.74) is 0.817. The number of nitrogens with zero attached hydrogens (tertiary/aromatic N) is 1. The van der Waals surface area contributed by atoms with E-state index < -0.39 is 19.0 Å². The fraction of sp³-hybridized carbons (Fsp3) is 0.562. The summed E-state index contributed by atoms with van der Waals surface area (Å²) in [6.45, 7) is -0.428. The lowest BCUT2D eigenvalue weighted by atomic mass is 9.93. The maximum Gasteiger partial charge on any atom is 0.318 e. The number of benzene rings is 1. The number of hydrogen-bond donors (Lipinski definition) is 2. The van der Waals surface area contributed by atoms with Gasteiger partial charge in [0.1, 0.15) is 0 Å². The van der Waals surface area contributed by atoms with Crippen molar-refractivity contribution in [1.29, 1.82) is 0 Å². The second-order valence-corrected chi connectivity index (χ2v) is 5.71. The van der Waals surface area contributed by atoms with Crippen LogP contribution in [0.4, 0.5) is 13.6 Å². The van der Waals surface area contributed by atoms with Gasteiger partial charge in [0.05, 0.1) is 12.6 Å². The molecule has 4 nitrogen and oxygen atoms in total. The van der Waals surface area contributed by atoms with Crippen molar-refractivity contribution in [2.24, 2.45) is 0 Å². The van der Waals surface area contributed by atoms with Crippen molar-refractivity contribution in [1.82, 2.24) is 10.2 Å². The topological polar surface area (TPSA) is 52.6 Å². The summed E-state index contributed by atoms with van der Waals surface area (Å²) in [5, 5.41) is 12.3. The molecule has 0 bridgehead atoms. The molecule has 1 aromatic carbocycles. The summed E-state index contributed by atoms with van der Waals surface area (Å²) in [6, 6.07) is 8.57. The molecule has 0 saturated heterocycles. The maximum absolute atomic E-state index is 12.7. The summed E-state index contributed by atoms with van der Waals surface area (Å²) >= 11 is 0. The zero-order chi connectivity index (χ0) is 15.9.